The van der Waals surface area contributed by atoms with E-state index in [0.29, 0.717) is 26.0 Å². The molecule has 2 heterocycles. The minimum Gasteiger partial charge on any atom is -0.451 e. The molecule has 0 atom stereocenters. The molecule has 0 unspecified atom stereocenters. The van der Waals surface area contributed by atoms with E-state index >= 15 is 0 Å². The highest BCUT2D eigenvalue weighted by Gasteiger charge is 2.14. The van der Waals surface area contributed by atoms with Crippen LogP contribution in [0.5, 0.6) is 0 Å². The van der Waals surface area contributed by atoms with Gasteiger partial charge < -0.3 is 8.98 Å². The number of fused-ring (bicyclic) bond motifs is 2. The minimum atomic E-state index is -0.700. The lowest BCUT2D eigenvalue weighted by atomic mass is 10.2. The zero-order valence-corrected chi connectivity index (χ0v) is 14.7. The number of carbonyl (C=O) groups is 1. The summed E-state index contributed by atoms with van der Waals surface area (Å²) in [6.45, 7) is 0. The molecule has 2 aromatic carbocycles. The fourth-order valence-corrected chi connectivity index (χ4v) is 3.74. The van der Waals surface area contributed by atoms with Gasteiger partial charge in [0.05, 0.1) is 20.5 Å². The van der Waals surface area contributed by atoms with Gasteiger partial charge in [-0.1, -0.05) is 23.5 Å². The Morgan fingerprint density at radius 2 is 2.00 bits per heavy atom. The van der Waals surface area contributed by atoms with Crippen LogP contribution in [0.15, 0.2) is 62.7 Å². The Morgan fingerprint density at radius 1 is 1.22 bits per heavy atom. The maximum absolute atomic E-state index is 12.5. The fourth-order valence-electron chi connectivity index (χ4n) is 2.69. The highest BCUT2D eigenvalue weighted by Crippen LogP contribution is 2.22. The summed E-state index contributed by atoms with van der Waals surface area (Å²) in [6.07, 6.45) is 0. The summed E-state index contributed by atoms with van der Waals surface area (Å²) in [6, 6.07) is 12.2. The molecule has 0 aliphatic carbocycles. The van der Waals surface area contributed by atoms with Gasteiger partial charge in [0.15, 0.2) is 16.0 Å². The molecule has 0 fully saturated rings. The number of carbonyl (C=O) groups excluding carboxylic acids is 1. The van der Waals surface area contributed by atoms with Crippen LogP contribution < -0.4 is 10.2 Å². The Kier molecular flexibility index (Phi) is 3.93. The van der Waals surface area contributed by atoms with Crippen LogP contribution in [0.3, 0.4) is 0 Å². The van der Waals surface area contributed by atoms with Gasteiger partial charge in [0.1, 0.15) is 5.58 Å². The number of aryl methyl sites for hydroxylation is 1. The first-order valence-electron chi connectivity index (χ1n) is 7.80. The van der Waals surface area contributed by atoms with E-state index in [1.54, 1.807) is 41.9 Å². The van der Waals surface area contributed by atoms with Gasteiger partial charge in [0.25, 0.3) is 5.69 Å². The first-order chi connectivity index (χ1) is 12.9. The molecule has 9 heteroatoms. The van der Waals surface area contributed by atoms with Crippen molar-refractivity contribution in [2.75, 3.05) is 0 Å². The number of rotatable bonds is 2. The number of amides is 1. The SMILES string of the molecule is Cn1c(=NC(=O)c2cc(=O)c3ccccc3o2)sc2cc([N+](=O)[O-])ccc21. The van der Waals surface area contributed by atoms with Crippen molar-refractivity contribution in [1.82, 2.24) is 4.57 Å². The molecule has 27 heavy (non-hydrogen) atoms. The standard InChI is InChI=1S/C18H11N3O5S/c1-20-12-7-6-10(21(24)25)8-16(12)27-18(20)19-17(23)15-9-13(22)11-4-2-3-5-14(11)26-15/h2-9H,1H3. The predicted molar refractivity (Wildman–Crippen MR) is 99.8 cm³/mol. The zero-order valence-electron chi connectivity index (χ0n) is 13.9. The third-order valence-corrected chi connectivity index (χ3v) is 5.14. The quantitative estimate of drug-likeness (QED) is 0.392. The third-order valence-electron chi connectivity index (χ3n) is 4.05. The molecule has 0 aliphatic rings. The maximum atomic E-state index is 12.5. The number of nitrogens with zero attached hydrogens (tertiary/aromatic N) is 3. The summed E-state index contributed by atoms with van der Waals surface area (Å²) < 4.78 is 7.78. The normalized spacial score (nSPS) is 12.0. The Balaban J connectivity index is 1.83. The van der Waals surface area contributed by atoms with Gasteiger partial charge in [-0.25, -0.2) is 0 Å². The second kappa shape index (κ2) is 6.29. The summed E-state index contributed by atoms with van der Waals surface area (Å²) in [4.78, 5) is 39.5. The smallest absolute Gasteiger partial charge is 0.315 e. The van der Waals surface area contributed by atoms with Gasteiger partial charge in [0, 0.05) is 25.2 Å². The molecule has 0 saturated carbocycles. The van der Waals surface area contributed by atoms with Gasteiger partial charge >= 0.3 is 5.91 Å². The first-order valence-corrected chi connectivity index (χ1v) is 8.61. The zero-order chi connectivity index (χ0) is 19.1. The van der Waals surface area contributed by atoms with Crippen molar-refractivity contribution in [2.24, 2.45) is 12.0 Å². The molecular weight excluding hydrogens is 370 g/mol. The summed E-state index contributed by atoms with van der Waals surface area (Å²) >= 11 is 1.14. The van der Waals surface area contributed by atoms with Gasteiger partial charge in [-0.05, 0) is 18.2 Å². The van der Waals surface area contributed by atoms with Gasteiger partial charge in [-0.15, -0.1) is 0 Å². The Morgan fingerprint density at radius 3 is 2.78 bits per heavy atom. The topological polar surface area (TPSA) is 108 Å². The van der Waals surface area contributed by atoms with Crippen molar-refractivity contribution in [2.45, 2.75) is 0 Å². The van der Waals surface area contributed by atoms with Crippen molar-refractivity contribution < 1.29 is 14.1 Å². The number of hydrogen-bond acceptors (Lipinski definition) is 6. The molecule has 4 rings (SSSR count). The summed E-state index contributed by atoms with van der Waals surface area (Å²) in [5.74, 6) is -0.864. The first kappa shape index (κ1) is 16.9. The number of non-ortho nitro benzene ring substituents is 1. The number of thiazole rings is 1. The van der Waals surface area contributed by atoms with E-state index in [0.717, 1.165) is 17.4 Å². The molecule has 4 aromatic rings. The monoisotopic (exact) mass is 381 g/mol. The van der Waals surface area contributed by atoms with Crippen LogP contribution in [0.2, 0.25) is 0 Å². The largest absolute Gasteiger partial charge is 0.451 e. The van der Waals surface area contributed by atoms with Crippen LogP contribution in [-0.4, -0.2) is 15.4 Å². The lowest BCUT2D eigenvalue weighted by Crippen LogP contribution is -2.14. The van der Waals surface area contributed by atoms with Crippen molar-refractivity contribution in [3.05, 3.63) is 79.4 Å². The predicted octanol–water partition coefficient (Wildman–Crippen LogP) is 3.00. The van der Waals surface area contributed by atoms with Crippen molar-refractivity contribution in [1.29, 1.82) is 0 Å². The van der Waals surface area contributed by atoms with Crippen LogP contribution >= 0.6 is 11.3 Å². The second-order valence-electron chi connectivity index (χ2n) is 5.74. The molecule has 0 bridgehead atoms. The van der Waals surface area contributed by atoms with Crippen LogP contribution in [0, 0.1) is 10.1 Å². The van der Waals surface area contributed by atoms with E-state index in [4.69, 9.17) is 4.42 Å². The van der Waals surface area contributed by atoms with E-state index in [1.807, 2.05) is 0 Å². The van der Waals surface area contributed by atoms with Crippen LogP contribution in [-0.2, 0) is 7.05 Å². The van der Waals surface area contributed by atoms with E-state index in [1.165, 1.54) is 12.1 Å². The summed E-state index contributed by atoms with van der Waals surface area (Å²) in [5.41, 5.74) is 0.645. The second-order valence-corrected chi connectivity index (χ2v) is 6.75. The average molecular weight is 381 g/mol. The van der Waals surface area contributed by atoms with Gasteiger partial charge in [-0.3, -0.25) is 19.7 Å². The number of hydrogen-bond donors (Lipinski definition) is 0. The van der Waals surface area contributed by atoms with E-state index in [2.05, 4.69) is 4.99 Å². The fraction of sp³-hybridized carbons (Fsp3) is 0.0556. The molecule has 134 valence electrons. The number of benzene rings is 2. The van der Waals surface area contributed by atoms with Crippen molar-refractivity contribution in [3.63, 3.8) is 0 Å². The lowest BCUT2D eigenvalue weighted by molar-refractivity contribution is -0.384. The van der Waals surface area contributed by atoms with Crippen molar-refractivity contribution >= 4 is 44.1 Å². The van der Waals surface area contributed by atoms with Gasteiger partial charge in [-0.2, -0.15) is 4.99 Å². The van der Waals surface area contributed by atoms with E-state index in [-0.39, 0.29) is 16.9 Å². The molecular formula is C18H11N3O5S. The van der Waals surface area contributed by atoms with E-state index in [9.17, 15) is 19.7 Å². The summed E-state index contributed by atoms with van der Waals surface area (Å²) in [5, 5.41) is 11.3. The average Bonchev–Trinajstić information content (AvgIpc) is 2.96. The number of aromatic nitrogens is 1. The molecule has 0 saturated heterocycles. The van der Waals surface area contributed by atoms with Crippen molar-refractivity contribution in [3.8, 4) is 0 Å². The minimum absolute atomic E-state index is 0.0391. The number of nitro benzene ring substituents is 1. The molecule has 2 aromatic heterocycles. The molecule has 1 amide bonds. The molecule has 8 nitrogen and oxygen atoms in total. The number of para-hydroxylation sites is 1. The van der Waals surface area contributed by atoms with Crippen LogP contribution in [0.25, 0.3) is 21.2 Å². The van der Waals surface area contributed by atoms with Crippen LogP contribution in [0.1, 0.15) is 10.6 Å². The molecule has 0 radical (unpaired) electrons. The maximum Gasteiger partial charge on any atom is 0.315 e. The Hall–Kier alpha value is -3.59. The molecule has 0 aliphatic heterocycles. The molecule has 0 spiro atoms. The van der Waals surface area contributed by atoms with Crippen LogP contribution in [0.4, 0.5) is 5.69 Å². The highest BCUT2D eigenvalue weighted by molar-refractivity contribution is 7.16. The van der Waals surface area contributed by atoms with Gasteiger partial charge in [0.2, 0.25) is 0 Å². The number of nitro groups is 1. The Bertz CT molecular complexity index is 1360. The summed E-state index contributed by atoms with van der Waals surface area (Å²) in [7, 11) is 1.70. The third kappa shape index (κ3) is 2.93. The molecule has 0 N–H and O–H groups in total. The Labute approximate surface area is 154 Å². The highest BCUT2D eigenvalue weighted by atomic mass is 32.1. The van der Waals surface area contributed by atoms with E-state index < -0.39 is 10.8 Å². The lowest BCUT2D eigenvalue weighted by Gasteiger charge is -1.99.